The van der Waals surface area contributed by atoms with Gasteiger partial charge in [0.1, 0.15) is 0 Å². The van der Waals surface area contributed by atoms with E-state index in [0.717, 1.165) is 25.3 Å². The van der Waals surface area contributed by atoms with E-state index in [-0.39, 0.29) is 5.92 Å². The van der Waals surface area contributed by atoms with Crippen molar-refractivity contribution < 1.29 is 4.79 Å². The fourth-order valence-electron chi connectivity index (χ4n) is 2.42. The van der Waals surface area contributed by atoms with Crippen LogP contribution < -0.4 is 0 Å². The highest BCUT2D eigenvalue weighted by Gasteiger charge is 2.32. The molecule has 0 bridgehead atoms. The Bertz CT molecular complexity index is 412. The lowest BCUT2D eigenvalue weighted by molar-refractivity contribution is -0.140. The number of carbonyl (C=O) groups excluding carboxylic acids is 1. The van der Waals surface area contributed by atoms with Crippen molar-refractivity contribution in [3.8, 4) is 0 Å². The molecule has 1 unspecified atom stereocenters. The first kappa shape index (κ1) is 13.5. The van der Waals surface area contributed by atoms with Crippen LogP contribution >= 0.6 is 11.8 Å². The summed E-state index contributed by atoms with van der Waals surface area (Å²) in [6, 6.07) is 0. The van der Waals surface area contributed by atoms with Gasteiger partial charge in [-0.2, -0.15) is 16.9 Å². The molecule has 0 aliphatic carbocycles. The van der Waals surface area contributed by atoms with Gasteiger partial charge in [0.25, 0.3) is 0 Å². The third kappa shape index (κ3) is 3.07. The zero-order valence-electron chi connectivity index (χ0n) is 11.3. The number of aromatic nitrogens is 2. The van der Waals surface area contributed by atoms with Crippen LogP contribution in [0.2, 0.25) is 0 Å². The molecular weight excluding hydrogens is 246 g/mol. The van der Waals surface area contributed by atoms with Crippen LogP contribution in [0.5, 0.6) is 0 Å². The number of rotatable bonds is 5. The van der Waals surface area contributed by atoms with Gasteiger partial charge in [-0.1, -0.05) is 6.92 Å². The Morgan fingerprint density at radius 2 is 2.33 bits per heavy atom. The number of hydrogen-bond donors (Lipinski definition) is 0. The quantitative estimate of drug-likeness (QED) is 0.810. The molecule has 1 aliphatic rings. The maximum atomic E-state index is 12.0. The van der Waals surface area contributed by atoms with Crippen LogP contribution in [0.4, 0.5) is 0 Å². The smallest absolute Gasteiger partial charge is 0.226 e. The van der Waals surface area contributed by atoms with Crippen molar-refractivity contribution >= 4 is 17.7 Å². The van der Waals surface area contributed by atoms with Gasteiger partial charge in [-0.15, -0.1) is 0 Å². The molecular formula is C13H21N3OS. The predicted octanol–water partition coefficient (Wildman–Crippen LogP) is 1.42. The summed E-state index contributed by atoms with van der Waals surface area (Å²) in [6.07, 6.45) is 7.06. The van der Waals surface area contributed by atoms with Crippen LogP contribution in [-0.2, 0) is 18.3 Å². The number of hydrogen-bond acceptors (Lipinski definition) is 3. The molecule has 2 rings (SSSR count). The molecule has 1 aromatic heterocycles. The Hall–Kier alpha value is -0.970. The maximum Gasteiger partial charge on any atom is 0.226 e. The topological polar surface area (TPSA) is 38.1 Å². The SMILES string of the molecule is CSCC(C)C(=O)N1CC(Cc2cnn(C)c2)C1. The molecule has 0 N–H and O–H groups in total. The van der Waals surface area contributed by atoms with Crippen LogP contribution in [0.25, 0.3) is 0 Å². The number of thioether (sulfide) groups is 1. The van der Waals surface area contributed by atoms with Gasteiger partial charge in [0, 0.05) is 38.0 Å². The number of aryl methyl sites for hydroxylation is 1. The third-order valence-corrected chi connectivity index (χ3v) is 4.22. The van der Waals surface area contributed by atoms with E-state index >= 15 is 0 Å². The number of carbonyl (C=O) groups is 1. The maximum absolute atomic E-state index is 12.0. The van der Waals surface area contributed by atoms with Gasteiger partial charge >= 0.3 is 0 Å². The molecule has 1 aromatic rings. The van der Waals surface area contributed by atoms with Gasteiger partial charge in [-0.3, -0.25) is 9.48 Å². The van der Waals surface area contributed by atoms with Crippen molar-refractivity contribution in [3.05, 3.63) is 18.0 Å². The second-order valence-corrected chi connectivity index (χ2v) is 6.10. The van der Waals surface area contributed by atoms with Gasteiger partial charge in [0.2, 0.25) is 5.91 Å². The minimum atomic E-state index is 0.152. The molecule has 1 atom stereocenters. The van der Waals surface area contributed by atoms with E-state index in [4.69, 9.17) is 0 Å². The first-order valence-electron chi connectivity index (χ1n) is 6.35. The first-order chi connectivity index (χ1) is 8.60. The summed E-state index contributed by atoms with van der Waals surface area (Å²) in [5.74, 6) is 1.99. The van der Waals surface area contributed by atoms with Crippen LogP contribution in [0.1, 0.15) is 12.5 Å². The summed E-state index contributed by atoms with van der Waals surface area (Å²) in [5.41, 5.74) is 1.27. The van der Waals surface area contributed by atoms with Crippen molar-refractivity contribution in [1.29, 1.82) is 0 Å². The van der Waals surface area contributed by atoms with Gasteiger partial charge in [-0.25, -0.2) is 0 Å². The fraction of sp³-hybridized carbons (Fsp3) is 0.692. The molecule has 1 amide bonds. The van der Waals surface area contributed by atoms with E-state index in [1.807, 2.05) is 36.0 Å². The molecule has 18 heavy (non-hydrogen) atoms. The summed E-state index contributed by atoms with van der Waals surface area (Å²) in [7, 11) is 1.93. The largest absolute Gasteiger partial charge is 0.342 e. The van der Waals surface area contributed by atoms with Crippen molar-refractivity contribution in [1.82, 2.24) is 14.7 Å². The Morgan fingerprint density at radius 1 is 1.61 bits per heavy atom. The predicted molar refractivity (Wildman–Crippen MR) is 74.5 cm³/mol. The third-order valence-electron chi connectivity index (χ3n) is 3.39. The molecule has 5 heteroatoms. The first-order valence-corrected chi connectivity index (χ1v) is 7.74. The Balaban J connectivity index is 1.75. The van der Waals surface area contributed by atoms with E-state index in [0.29, 0.717) is 11.8 Å². The number of nitrogens with zero attached hydrogens (tertiary/aromatic N) is 3. The summed E-state index contributed by atoms with van der Waals surface area (Å²) in [6.45, 7) is 3.84. The van der Waals surface area contributed by atoms with Crippen molar-refractivity contribution in [3.63, 3.8) is 0 Å². The number of amides is 1. The summed E-state index contributed by atoms with van der Waals surface area (Å²) in [4.78, 5) is 14.0. The minimum Gasteiger partial charge on any atom is -0.342 e. The molecule has 1 aliphatic heterocycles. The van der Waals surface area contributed by atoms with Crippen molar-refractivity contribution in [2.24, 2.45) is 18.9 Å². The molecule has 1 fully saturated rings. The van der Waals surface area contributed by atoms with Gasteiger partial charge in [0.05, 0.1) is 6.20 Å². The van der Waals surface area contributed by atoms with Gasteiger partial charge < -0.3 is 4.90 Å². The molecule has 1 saturated heterocycles. The fourth-order valence-corrected chi connectivity index (χ4v) is 3.07. The second kappa shape index (κ2) is 5.78. The van der Waals surface area contributed by atoms with Crippen LogP contribution in [0, 0.1) is 11.8 Å². The van der Waals surface area contributed by atoms with E-state index in [1.54, 1.807) is 11.8 Å². The molecule has 4 nitrogen and oxygen atoms in total. The highest BCUT2D eigenvalue weighted by atomic mass is 32.2. The summed E-state index contributed by atoms with van der Waals surface area (Å²) >= 11 is 1.74. The minimum absolute atomic E-state index is 0.152. The molecule has 0 saturated carbocycles. The average Bonchev–Trinajstić information content (AvgIpc) is 2.68. The van der Waals surface area contributed by atoms with Gasteiger partial charge in [0.15, 0.2) is 0 Å². The molecule has 0 radical (unpaired) electrons. The average molecular weight is 267 g/mol. The Morgan fingerprint density at radius 3 is 2.89 bits per heavy atom. The van der Waals surface area contributed by atoms with Crippen LogP contribution in [0.15, 0.2) is 12.4 Å². The zero-order chi connectivity index (χ0) is 13.1. The van der Waals surface area contributed by atoms with Crippen molar-refractivity contribution in [2.45, 2.75) is 13.3 Å². The monoisotopic (exact) mass is 267 g/mol. The van der Waals surface area contributed by atoms with E-state index in [2.05, 4.69) is 11.3 Å². The zero-order valence-corrected chi connectivity index (χ0v) is 12.1. The standard InChI is InChI=1S/C13H21N3OS/c1-10(9-18-3)13(17)16-7-12(8-16)4-11-5-14-15(2)6-11/h5-6,10,12H,4,7-9H2,1-3H3. The van der Waals surface area contributed by atoms with Crippen LogP contribution in [0.3, 0.4) is 0 Å². The van der Waals surface area contributed by atoms with E-state index in [9.17, 15) is 4.79 Å². The molecule has 100 valence electrons. The Labute approximate surface area is 113 Å². The van der Waals surface area contributed by atoms with E-state index < -0.39 is 0 Å². The molecule has 0 spiro atoms. The lowest BCUT2D eigenvalue weighted by atomic mass is 9.92. The highest BCUT2D eigenvalue weighted by Crippen LogP contribution is 2.22. The second-order valence-electron chi connectivity index (χ2n) is 5.19. The number of likely N-dealkylation sites (tertiary alicyclic amines) is 1. The molecule has 0 aromatic carbocycles. The highest BCUT2D eigenvalue weighted by molar-refractivity contribution is 7.98. The lowest BCUT2D eigenvalue weighted by Crippen LogP contribution is -2.52. The van der Waals surface area contributed by atoms with Crippen LogP contribution in [-0.4, -0.2) is 45.7 Å². The van der Waals surface area contributed by atoms with E-state index in [1.165, 1.54) is 5.56 Å². The lowest BCUT2D eigenvalue weighted by Gasteiger charge is -2.40. The Kier molecular flexibility index (Phi) is 4.32. The van der Waals surface area contributed by atoms with Crippen molar-refractivity contribution in [2.75, 3.05) is 25.1 Å². The summed E-state index contributed by atoms with van der Waals surface area (Å²) in [5, 5.41) is 4.17. The van der Waals surface area contributed by atoms with Gasteiger partial charge in [-0.05, 0) is 24.2 Å². The normalized spacial score (nSPS) is 17.6. The molecule has 2 heterocycles. The summed E-state index contributed by atoms with van der Waals surface area (Å²) < 4.78 is 1.83.